The number of hydrogen-bond donors (Lipinski definition) is 1. The molecular weight excluding hydrogens is 158 g/mol. The number of hydrogen-bond acceptors (Lipinski definition) is 0. The van der Waals surface area contributed by atoms with Gasteiger partial charge in [0.2, 0.25) is 0 Å². The van der Waals surface area contributed by atoms with Gasteiger partial charge in [0.05, 0.1) is 0 Å². The average Bonchev–Trinajstić information content (AvgIpc) is 2.18. The van der Waals surface area contributed by atoms with E-state index in [1.165, 1.54) is 16.3 Å². The molecule has 0 spiro atoms. The van der Waals surface area contributed by atoms with Crippen LogP contribution >= 0.6 is 0 Å². The van der Waals surface area contributed by atoms with Gasteiger partial charge in [0.1, 0.15) is 5.69 Å². The Morgan fingerprint density at radius 2 is 1.69 bits per heavy atom. The van der Waals surface area contributed by atoms with E-state index in [2.05, 4.69) is 30.5 Å². The second-order valence-electron chi connectivity index (χ2n) is 3.06. The normalized spacial score (nSPS) is 10.2. The smallest absolute Gasteiger partial charge is 0.135 e. The minimum Gasteiger partial charge on any atom is -0.325 e. The molecule has 0 aliphatic carbocycles. The maximum atomic E-state index is 3.99. The van der Waals surface area contributed by atoms with Crippen LogP contribution in [-0.2, 0) is 0 Å². The Balaban J connectivity index is 2.92. The second kappa shape index (κ2) is 3.04. The summed E-state index contributed by atoms with van der Waals surface area (Å²) in [6, 6.07) is 12.3. The molecule has 0 radical (unpaired) electrons. The van der Waals surface area contributed by atoms with Crippen LogP contribution in [-0.4, -0.2) is 0 Å². The molecule has 0 aliphatic heterocycles. The summed E-state index contributed by atoms with van der Waals surface area (Å²) in [4.78, 5) is 0. The first-order valence-corrected chi connectivity index (χ1v) is 4.29. The molecule has 0 saturated carbocycles. The first kappa shape index (κ1) is 8.02. The van der Waals surface area contributed by atoms with Gasteiger partial charge in [-0.15, -0.1) is 0 Å². The van der Waals surface area contributed by atoms with Crippen LogP contribution in [0.3, 0.4) is 0 Å². The van der Waals surface area contributed by atoms with Crippen molar-refractivity contribution in [3.05, 3.63) is 48.5 Å². The van der Waals surface area contributed by atoms with Gasteiger partial charge in [0.15, 0.2) is 0 Å². The highest BCUT2D eigenvalue weighted by Gasteiger charge is 2.01. The molecule has 0 aliphatic rings. The molecule has 0 atom stereocenters. The summed E-state index contributed by atoms with van der Waals surface area (Å²) in [7, 11) is 0. The molecule has 64 valence electrons. The Bertz CT molecular complexity index is 458. The fourth-order valence-electron chi connectivity index (χ4n) is 1.58. The molecule has 0 bridgehead atoms. The molecular formula is C12H12N+. The Labute approximate surface area is 77.5 Å². The van der Waals surface area contributed by atoms with Gasteiger partial charge >= 0.3 is 0 Å². The van der Waals surface area contributed by atoms with Crippen LogP contribution in [0.25, 0.3) is 16.8 Å². The first-order chi connectivity index (χ1) is 6.33. The zero-order chi connectivity index (χ0) is 9.26. The van der Waals surface area contributed by atoms with Gasteiger partial charge in [0, 0.05) is 5.39 Å². The van der Waals surface area contributed by atoms with Crippen molar-refractivity contribution in [2.45, 2.75) is 0 Å². The third kappa shape index (κ3) is 1.23. The van der Waals surface area contributed by atoms with Crippen LogP contribution in [0.5, 0.6) is 0 Å². The molecule has 0 aromatic heterocycles. The maximum Gasteiger partial charge on any atom is 0.135 e. The molecule has 0 unspecified atom stereocenters. The van der Waals surface area contributed by atoms with Crippen LogP contribution in [0, 0.1) is 0 Å². The molecule has 13 heavy (non-hydrogen) atoms. The van der Waals surface area contributed by atoms with Crippen molar-refractivity contribution in [1.82, 2.24) is 0 Å². The van der Waals surface area contributed by atoms with E-state index in [9.17, 15) is 0 Å². The monoisotopic (exact) mass is 170 g/mol. The summed E-state index contributed by atoms with van der Waals surface area (Å²) in [6.07, 6.45) is 1.88. The zero-order valence-electron chi connectivity index (χ0n) is 7.46. The van der Waals surface area contributed by atoms with E-state index in [1.807, 2.05) is 24.3 Å². The minimum atomic E-state index is 1.07. The molecule has 0 amide bonds. The van der Waals surface area contributed by atoms with Gasteiger partial charge < -0.3 is 5.73 Å². The first-order valence-electron chi connectivity index (χ1n) is 4.29. The standard InChI is InChI=1S/C12H11N/c1-2-9-5-3-7-11-10(9)6-4-8-12(11)13/h2-8H,1,13H2/p+1. The van der Waals surface area contributed by atoms with Crippen LogP contribution in [0.1, 0.15) is 5.56 Å². The number of benzene rings is 2. The molecule has 0 fully saturated rings. The van der Waals surface area contributed by atoms with Gasteiger partial charge in [-0.05, 0) is 23.1 Å². The summed E-state index contributed by atoms with van der Waals surface area (Å²) in [5.74, 6) is 0. The van der Waals surface area contributed by atoms with E-state index < -0.39 is 0 Å². The predicted octanol–water partition coefficient (Wildman–Crippen LogP) is 2.36. The quantitative estimate of drug-likeness (QED) is 0.680. The number of quaternary nitrogens is 1. The molecule has 3 N–H and O–H groups in total. The van der Waals surface area contributed by atoms with Gasteiger partial charge in [-0.2, -0.15) is 0 Å². The zero-order valence-corrected chi connectivity index (χ0v) is 7.46. The summed E-state index contributed by atoms with van der Waals surface area (Å²) in [5, 5.41) is 2.44. The van der Waals surface area contributed by atoms with Crippen LogP contribution in [0.4, 0.5) is 5.69 Å². The molecule has 2 aromatic rings. The third-order valence-electron chi connectivity index (χ3n) is 2.27. The Morgan fingerprint density at radius 3 is 2.46 bits per heavy atom. The lowest BCUT2D eigenvalue weighted by molar-refractivity contribution is -0.252. The molecule has 2 rings (SSSR count). The van der Waals surface area contributed by atoms with E-state index in [-0.39, 0.29) is 0 Å². The van der Waals surface area contributed by atoms with Crippen molar-refractivity contribution < 1.29 is 5.73 Å². The fraction of sp³-hybridized carbons (Fsp3) is 0. The minimum absolute atomic E-state index is 1.07. The second-order valence-corrected chi connectivity index (χ2v) is 3.06. The highest BCUT2D eigenvalue weighted by molar-refractivity contribution is 5.95. The van der Waals surface area contributed by atoms with Crippen molar-refractivity contribution in [1.29, 1.82) is 0 Å². The van der Waals surface area contributed by atoms with Crippen molar-refractivity contribution in [3.8, 4) is 0 Å². The van der Waals surface area contributed by atoms with E-state index >= 15 is 0 Å². The van der Waals surface area contributed by atoms with Gasteiger partial charge in [-0.25, -0.2) is 0 Å². The average molecular weight is 170 g/mol. The maximum absolute atomic E-state index is 3.99. The highest BCUT2D eigenvalue weighted by Crippen LogP contribution is 2.23. The molecule has 0 heterocycles. The third-order valence-corrected chi connectivity index (χ3v) is 2.27. The Morgan fingerprint density at radius 1 is 1.00 bits per heavy atom. The molecule has 2 aromatic carbocycles. The Kier molecular flexibility index (Phi) is 1.87. The Hall–Kier alpha value is -1.60. The van der Waals surface area contributed by atoms with Crippen molar-refractivity contribution >= 4 is 22.5 Å². The SMILES string of the molecule is C=Cc1cccc2c([NH3+])cccc12. The van der Waals surface area contributed by atoms with E-state index in [0.717, 1.165) is 5.69 Å². The largest absolute Gasteiger partial charge is 0.325 e. The van der Waals surface area contributed by atoms with Crippen LogP contribution in [0.2, 0.25) is 0 Å². The van der Waals surface area contributed by atoms with E-state index in [1.54, 1.807) is 0 Å². The summed E-state index contributed by atoms with van der Waals surface area (Å²) in [5.41, 5.74) is 6.23. The van der Waals surface area contributed by atoms with E-state index in [4.69, 9.17) is 0 Å². The fourth-order valence-corrected chi connectivity index (χ4v) is 1.58. The topological polar surface area (TPSA) is 27.6 Å². The summed E-state index contributed by atoms with van der Waals surface area (Å²) in [6.45, 7) is 3.79. The molecule has 1 nitrogen and oxygen atoms in total. The molecule has 0 saturated heterocycles. The lowest BCUT2D eigenvalue weighted by Crippen LogP contribution is -2.40. The van der Waals surface area contributed by atoms with Gasteiger partial charge in [-0.3, -0.25) is 0 Å². The van der Waals surface area contributed by atoms with Crippen molar-refractivity contribution in [2.75, 3.05) is 0 Å². The lowest BCUT2D eigenvalue weighted by Gasteiger charge is -2.01. The number of fused-ring (bicyclic) bond motifs is 1. The number of rotatable bonds is 1. The van der Waals surface area contributed by atoms with Crippen molar-refractivity contribution in [3.63, 3.8) is 0 Å². The summed E-state index contributed by atoms with van der Waals surface area (Å²) < 4.78 is 0. The summed E-state index contributed by atoms with van der Waals surface area (Å²) >= 11 is 0. The molecule has 1 heteroatoms. The van der Waals surface area contributed by atoms with Gasteiger partial charge in [-0.1, -0.05) is 36.9 Å². The van der Waals surface area contributed by atoms with Gasteiger partial charge in [0.25, 0.3) is 0 Å². The van der Waals surface area contributed by atoms with Crippen LogP contribution < -0.4 is 5.73 Å². The van der Waals surface area contributed by atoms with Crippen LogP contribution in [0.15, 0.2) is 43.0 Å². The predicted molar refractivity (Wildman–Crippen MR) is 56.6 cm³/mol. The van der Waals surface area contributed by atoms with Crippen molar-refractivity contribution in [2.24, 2.45) is 0 Å². The van der Waals surface area contributed by atoms with E-state index in [0.29, 0.717) is 0 Å². The highest BCUT2D eigenvalue weighted by atomic mass is 14.5. The lowest BCUT2D eigenvalue weighted by atomic mass is 10.0.